The molecule has 0 bridgehead atoms. The van der Waals surface area contributed by atoms with Crippen LogP contribution in [0.3, 0.4) is 0 Å². The summed E-state index contributed by atoms with van der Waals surface area (Å²) in [4.78, 5) is 12.4. The van der Waals surface area contributed by atoms with E-state index in [1.165, 1.54) is 0 Å². The van der Waals surface area contributed by atoms with Crippen molar-refractivity contribution in [2.75, 3.05) is 13.1 Å². The number of halogens is 1. The standard InChI is InChI=1S/C11H13BrN6O/c1-2-17-10(8(12)5-14-17)11(19)9-6-18(16-15-9)7-3-13-4-7/h5-7,13H,2-4H2,1H3. The van der Waals surface area contributed by atoms with Gasteiger partial charge in [0.1, 0.15) is 5.69 Å². The molecule has 7 nitrogen and oxygen atoms in total. The van der Waals surface area contributed by atoms with Crippen molar-refractivity contribution in [3.8, 4) is 0 Å². The summed E-state index contributed by atoms with van der Waals surface area (Å²) in [6, 6.07) is 0.300. The Morgan fingerprint density at radius 3 is 3.00 bits per heavy atom. The molecule has 0 saturated carbocycles. The highest BCUT2D eigenvalue weighted by Crippen LogP contribution is 2.19. The Hall–Kier alpha value is -1.54. The Bertz CT molecular complexity index is 614. The fourth-order valence-electron chi connectivity index (χ4n) is 1.97. The Balaban J connectivity index is 1.90. The van der Waals surface area contributed by atoms with Crippen molar-refractivity contribution in [3.05, 3.63) is 28.3 Å². The third-order valence-corrected chi connectivity index (χ3v) is 3.77. The quantitative estimate of drug-likeness (QED) is 0.835. The summed E-state index contributed by atoms with van der Waals surface area (Å²) < 4.78 is 4.07. The first kappa shape index (κ1) is 12.5. The summed E-state index contributed by atoms with van der Waals surface area (Å²) in [6.45, 7) is 4.31. The predicted molar refractivity (Wildman–Crippen MR) is 71.0 cm³/mol. The van der Waals surface area contributed by atoms with Crippen LogP contribution in [0.5, 0.6) is 0 Å². The van der Waals surface area contributed by atoms with Gasteiger partial charge in [0, 0.05) is 19.6 Å². The molecule has 0 aromatic carbocycles. The van der Waals surface area contributed by atoms with Crippen molar-refractivity contribution in [1.82, 2.24) is 30.1 Å². The molecule has 0 spiro atoms. The maximum Gasteiger partial charge on any atom is 0.234 e. The van der Waals surface area contributed by atoms with E-state index >= 15 is 0 Å². The Labute approximate surface area is 118 Å². The Morgan fingerprint density at radius 2 is 2.37 bits per heavy atom. The van der Waals surface area contributed by atoms with Gasteiger partial charge in [-0.05, 0) is 22.9 Å². The monoisotopic (exact) mass is 324 g/mol. The maximum absolute atomic E-state index is 12.4. The van der Waals surface area contributed by atoms with E-state index in [1.54, 1.807) is 21.8 Å². The molecule has 1 fully saturated rings. The van der Waals surface area contributed by atoms with Gasteiger partial charge >= 0.3 is 0 Å². The fraction of sp³-hybridized carbons (Fsp3) is 0.455. The van der Waals surface area contributed by atoms with Crippen molar-refractivity contribution in [3.63, 3.8) is 0 Å². The number of ketones is 1. The maximum atomic E-state index is 12.4. The first-order chi connectivity index (χ1) is 9.20. The molecule has 3 rings (SSSR count). The summed E-state index contributed by atoms with van der Waals surface area (Å²) in [5.74, 6) is -0.162. The number of nitrogens with one attached hydrogen (secondary N) is 1. The van der Waals surface area contributed by atoms with Gasteiger partial charge in [-0.25, -0.2) is 4.68 Å². The lowest BCUT2D eigenvalue weighted by Gasteiger charge is -2.26. The molecule has 0 amide bonds. The van der Waals surface area contributed by atoms with Crippen LogP contribution in [0.15, 0.2) is 16.9 Å². The van der Waals surface area contributed by atoms with E-state index in [1.807, 2.05) is 6.92 Å². The van der Waals surface area contributed by atoms with E-state index in [4.69, 9.17) is 0 Å². The van der Waals surface area contributed by atoms with E-state index in [2.05, 4.69) is 36.7 Å². The van der Waals surface area contributed by atoms with Crippen molar-refractivity contribution in [2.45, 2.75) is 19.5 Å². The van der Waals surface area contributed by atoms with Crippen molar-refractivity contribution in [2.24, 2.45) is 0 Å². The second kappa shape index (κ2) is 4.86. The number of hydrogen-bond acceptors (Lipinski definition) is 5. The lowest BCUT2D eigenvalue weighted by molar-refractivity contribution is 0.102. The molecule has 0 atom stereocenters. The molecule has 8 heteroatoms. The first-order valence-electron chi connectivity index (χ1n) is 6.09. The molecule has 0 aliphatic carbocycles. The van der Waals surface area contributed by atoms with Gasteiger partial charge in [0.25, 0.3) is 0 Å². The Kier molecular flexibility index (Phi) is 3.19. The molecule has 1 aliphatic heterocycles. The molecular formula is C11H13BrN6O. The molecule has 0 unspecified atom stereocenters. The molecule has 2 aromatic rings. The van der Waals surface area contributed by atoms with Gasteiger partial charge in [-0.2, -0.15) is 5.10 Å². The number of nitrogens with zero attached hydrogens (tertiary/aromatic N) is 5. The van der Waals surface area contributed by atoms with Crippen molar-refractivity contribution >= 4 is 21.7 Å². The number of rotatable bonds is 4. The number of carbonyl (C=O) groups excluding carboxylic acids is 1. The van der Waals surface area contributed by atoms with Crippen LogP contribution < -0.4 is 5.32 Å². The molecule has 1 saturated heterocycles. The summed E-state index contributed by atoms with van der Waals surface area (Å²) in [6.07, 6.45) is 3.32. The van der Waals surface area contributed by atoms with E-state index in [0.29, 0.717) is 28.4 Å². The predicted octanol–water partition coefficient (Wildman–Crippen LogP) is 0.632. The molecule has 100 valence electrons. The summed E-state index contributed by atoms with van der Waals surface area (Å²) in [7, 11) is 0. The van der Waals surface area contributed by atoms with Gasteiger partial charge < -0.3 is 5.32 Å². The number of carbonyl (C=O) groups is 1. The van der Waals surface area contributed by atoms with Gasteiger partial charge in [-0.15, -0.1) is 5.10 Å². The summed E-state index contributed by atoms with van der Waals surface area (Å²) >= 11 is 3.35. The van der Waals surface area contributed by atoms with Crippen LogP contribution in [-0.4, -0.2) is 43.6 Å². The average Bonchev–Trinajstić information content (AvgIpc) is 2.93. The number of hydrogen-bond donors (Lipinski definition) is 1. The van der Waals surface area contributed by atoms with Crippen molar-refractivity contribution < 1.29 is 4.79 Å². The van der Waals surface area contributed by atoms with Gasteiger partial charge in [0.05, 0.1) is 22.9 Å². The van der Waals surface area contributed by atoms with Crippen LogP contribution in [0.25, 0.3) is 0 Å². The zero-order valence-electron chi connectivity index (χ0n) is 10.4. The van der Waals surface area contributed by atoms with Gasteiger partial charge in [-0.1, -0.05) is 5.21 Å². The highest BCUT2D eigenvalue weighted by Gasteiger charge is 2.24. The van der Waals surface area contributed by atoms with Gasteiger partial charge in [0.2, 0.25) is 5.78 Å². The van der Waals surface area contributed by atoms with E-state index in [0.717, 1.165) is 13.1 Å². The molecule has 3 heterocycles. The second-order valence-corrected chi connectivity index (χ2v) is 5.24. The summed E-state index contributed by atoms with van der Waals surface area (Å²) in [5, 5.41) is 15.3. The molecule has 19 heavy (non-hydrogen) atoms. The van der Waals surface area contributed by atoms with Crippen LogP contribution in [0.1, 0.15) is 29.1 Å². The largest absolute Gasteiger partial charge is 0.312 e. The topological polar surface area (TPSA) is 77.6 Å². The highest BCUT2D eigenvalue weighted by molar-refractivity contribution is 9.10. The van der Waals surface area contributed by atoms with Crippen molar-refractivity contribution in [1.29, 1.82) is 0 Å². The van der Waals surface area contributed by atoms with Crippen LogP contribution in [0.2, 0.25) is 0 Å². The lowest BCUT2D eigenvalue weighted by Crippen LogP contribution is -2.43. The van der Waals surface area contributed by atoms with E-state index in [-0.39, 0.29) is 5.78 Å². The van der Waals surface area contributed by atoms with Crippen LogP contribution in [0.4, 0.5) is 0 Å². The second-order valence-electron chi connectivity index (χ2n) is 4.38. The van der Waals surface area contributed by atoms with Gasteiger partial charge in [-0.3, -0.25) is 9.48 Å². The minimum atomic E-state index is -0.162. The minimum Gasteiger partial charge on any atom is -0.312 e. The summed E-state index contributed by atoms with van der Waals surface area (Å²) in [5.41, 5.74) is 0.865. The third-order valence-electron chi connectivity index (χ3n) is 3.19. The van der Waals surface area contributed by atoms with Crippen LogP contribution in [0, 0.1) is 0 Å². The SMILES string of the molecule is CCn1ncc(Br)c1C(=O)c1cn(C2CNC2)nn1. The van der Waals surface area contributed by atoms with E-state index < -0.39 is 0 Å². The minimum absolute atomic E-state index is 0.162. The van der Waals surface area contributed by atoms with E-state index in [9.17, 15) is 4.79 Å². The third kappa shape index (κ3) is 2.10. The smallest absolute Gasteiger partial charge is 0.234 e. The molecule has 1 N–H and O–H groups in total. The Morgan fingerprint density at radius 1 is 1.58 bits per heavy atom. The average molecular weight is 325 g/mol. The zero-order valence-corrected chi connectivity index (χ0v) is 12.0. The zero-order chi connectivity index (χ0) is 13.4. The highest BCUT2D eigenvalue weighted by atomic mass is 79.9. The number of aromatic nitrogens is 5. The fourth-order valence-corrected chi connectivity index (χ4v) is 2.45. The van der Waals surface area contributed by atoms with Crippen LogP contribution in [-0.2, 0) is 6.54 Å². The normalized spacial score (nSPS) is 15.5. The lowest BCUT2D eigenvalue weighted by atomic mass is 10.2. The first-order valence-corrected chi connectivity index (χ1v) is 6.88. The molecule has 1 aliphatic rings. The number of aryl methyl sites for hydroxylation is 1. The van der Waals surface area contributed by atoms with Gasteiger partial charge in [0.15, 0.2) is 5.69 Å². The molecule has 2 aromatic heterocycles. The van der Waals surface area contributed by atoms with Crippen LogP contribution >= 0.6 is 15.9 Å². The molecule has 0 radical (unpaired) electrons. The molecular weight excluding hydrogens is 312 g/mol.